The molecule has 2 aromatic carbocycles. The lowest BCUT2D eigenvalue weighted by molar-refractivity contribution is -0.0765. The van der Waals surface area contributed by atoms with Crippen molar-refractivity contribution in [2.24, 2.45) is 0 Å². The lowest BCUT2D eigenvalue weighted by Gasteiger charge is -2.40. The summed E-state index contributed by atoms with van der Waals surface area (Å²) in [6.45, 7) is 0. The first-order chi connectivity index (χ1) is 11.6. The van der Waals surface area contributed by atoms with Gasteiger partial charge in [-0.25, -0.2) is 0 Å². The summed E-state index contributed by atoms with van der Waals surface area (Å²) in [6, 6.07) is 7.63. The molecule has 0 saturated carbocycles. The van der Waals surface area contributed by atoms with E-state index in [-0.39, 0.29) is 0 Å². The topological polar surface area (TPSA) is 17.1 Å². The minimum atomic E-state index is -4.40. The first-order valence-corrected chi connectivity index (χ1v) is 7.24. The molecule has 2 aromatic rings. The maximum absolute atomic E-state index is 14.8. The summed E-state index contributed by atoms with van der Waals surface area (Å²) in [5, 5.41) is 0. The van der Waals surface area contributed by atoms with E-state index in [1.165, 1.54) is 6.07 Å². The van der Waals surface area contributed by atoms with Gasteiger partial charge in [0, 0.05) is 22.3 Å². The molecule has 0 radical (unpaired) electrons. The van der Waals surface area contributed by atoms with E-state index in [0.717, 1.165) is 36.4 Å². The molecule has 25 heavy (non-hydrogen) atoms. The third-order valence-corrected chi connectivity index (χ3v) is 4.53. The second kappa shape index (κ2) is 4.53. The molecule has 4 rings (SSSR count). The predicted octanol–water partition coefficient (Wildman–Crippen LogP) is 5.17. The van der Waals surface area contributed by atoms with Gasteiger partial charge < -0.3 is 0 Å². The normalized spacial score (nSPS) is 22.1. The highest BCUT2D eigenvalue weighted by Gasteiger charge is 2.66. The Hall–Kier alpha value is -2.57. The number of hydrogen-bond acceptors (Lipinski definition) is 1. The largest absolute Gasteiger partial charge is 0.303 e. The minimum absolute atomic E-state index is 0.675. The van der Waals surface area contributed by atoms with Gasteiger partial charge in [-0.2, -0.15) is 26.3 Å². The van der Waals surface area contributed by atoms with Crippen LogP contribution in [0.25, 0.3) is 0 Å². The number of allylic oxidation sites excluding steroid dienone is 2. The SMILES string of the molecule is O=C1C2=C(C(F)(F)c3ccccc31)C(F)(F)c1ccccc1C2(F)F. The fourth-order valence-electron chi connectivity index (χ4n) is 3.45. The number of Topliss-reactive ketones (excluding diaryl/α,β-unsaturated/α-hetero) is 1. The number of alkyl halides is 6. The summed E-state index contributed by atoms with van der Waals surface area (Å²) in [4.78, 5) is 12.4. The second-order valence-corrected chi connectivity index (χ2v) is 5.89. The molecule has 0 heterocycles. The third kappa shape index (κ3) is 1.78. The van der Waals surface area contributed by atoms with Gasteiger partial charge in [-0.05, 0) is 0 Å². The van der Waals surface area contributed by atoms with Crippen LogP contribution in [0.5, 0.6) is 0 Å². The van der Waals surface area contributed by atoms with Crippen LogP contribution in [-0.4, -0.2) is 5.78 Å². The number of hydrogen-bond donors (Lipinski definition) is 0. The molecular formula is C18H8F6O. The van der Waals surface area contributed by atoms with Crippen molar-refractivity contribution >= 4 is 5.78 Å². The van der Waals surface area contributed by atoms with Crippen LogP contribution in [-0.2, 0) is 17.8 Å². The Morgan fingerprint density at radius 3 is 1.64 bits per heavy atom. The monoisotopic (exact) mass is 354 g/mol. The van der Waals surface area contributed by atoms with Gasteiger partial charge in [0.1, 0.15) is 0 Å². The smallest absolute Gasteiger partial charge is 0.289 e. The zero-order valence-electron chi connectivity index (χ0n) is 12.3. The summed E-state index contributed by atoms with van der Waals surface area (Å²) >= 11 is 0. The van der Waals surface area contributed by atoms with Crippen molar-refractivity contribution in [1.82, 2.24) is 0 Å². The molecule has 0 fully saturated rings. The van der Waals surface area contributed by atoms with Gasteiger partial charge in [0.15, 0.2) is 5.78 Å². The van der Waals surface area contributed by atoms with Crippen molar-refractivity contribution in [2.45, 2.75) is 17.8 Å². The standard InChI is InChI=1S/C18H8F6O/c19-16(20)11-7-3-4-8-12(11)18(23,24)15-13(16)14(25)9-5-1-2-6-10(9)17(15,21)22/h1-8H. The fourth-order valence-corrected chi connectivity index (χ4v) is 3.45. The van der Waals surface area contributed by atoms with Gasteiger partial charge in [0.2, 0.25) is 0 Å². The molecule has 0 N–H and O–H groups in total. The molecular weight excluding hydrogens is 346 g/mol. The highest BCUT2D eigenvalue weighted by Crippen LogP contribution is 2.61. The zero-order chi connectivity index (χ0) is 18.2. The van der Waals surface area contributed by atoms with Crippen LogP contribution in [0.3, 0.4) is 0 Å². The van der Waals surface area contributed by atoms with Crippen molar-refractivity contribution in [3.8, 4) is 0 Å². The summed E-state index contributed by atoms with van der Waals surface area (Å²) in [5.74, 6) is -14.6. The van der Waals surface area contributed by atoms with Crippen LogP contribution >= 0.6 is 0 Å². The third-order valence-electron chi connectivity index (χ3n) is 4.53. The van der Waals surface area contributed by atoms with E-state index in [2.05, 4.69) is 0 Å². The van der Waals surface area contributed by atoms with Crippen molar-refractivity contribution in [3.05, 3.63) is 81.9 Å². The van der Waals surface area contributed by atoms with E-state index in [0.29, 0.717) is 6.07 Å². The maximum atomic E-state index is 14.8. The molecule has 2 aliphatic rings. The fraction of sp³-hybridized carbons (Fsp3) is 0.167. The van der Waals surface area contributed by atoms with Gasteiger partial charge in [-0.3, -0.25) is 4.79 Å². The number of fused-ring (bicyclic) bond motifs is 2. The van der Waals surface area contributed by atoms with Crippen LogP contribution < -0.4 is 0 Å². The molecule has 0 amide bonds. The Morgan fingerprint density at radius 2 is 1.04 bits per heavy atom. The summed E-state index contributed by atoms with van der Waals surface area (Å²) in [6.07, 6.45) is 0. The first kappa shape index (κ1) is 15.9. The van der Waals surface area contributed by atoms with E-state index < -0.39 is 57.0 Å². The van der Waals surface area contributed by atoms with Crippen molar-refractivity contribution in [3.63, 3.8) is 0 Å². The van der Waals surface area contributed by atoms with Gasteiger partial charge in [-0.15, -0.1) is 0 Å². The number of carbonyl (C=O) groups is 1. The minimum Gasteiger partial charge on any atom is -0.289 e. The number of ketones is 1. The number of halogens is 6. The average Bonchev–Trinajstić information content (AvgIpc) is 2.56. The molecule has 0 spiro atoms. The lowest BCUT2D eigenvalue weighted by Crippen LogP contribution is -2.45. The van der Waals surface area contributed by atoms with E-state index in [1.54, 1.807) is 0 Å². The number of benzene rings is 2. The summed E-state index contributed by atoms with van der Waals surface area (Å²) in [7, 11) is 0. The van der Waals surface area contributed by atoms with E-state index in [1.807, 2.05) is 0 Å². The van der Waals surface area contributed by atoms with Gasteiger partial charge in [-0.1, -0.05) is 48.5 Å². The Bertz CT molecular complexity index is 948. The van der Waals surface area contributed by atoms with Gasteiger partial charge in [0.05, 0.1) is 11.1 Å². The average molecular weight is 354 g/mol. The first-order valence-electron chi connectivity index (χ1n) is 7.24. The zero-order valence-corrected chi connectivity index (χ0v) is 12.3. The van der Waals surface area contributed by atoms with Crippen molar-refractivity contribution in [1.29, 1.82) is 0 Å². The van der Waals surface area contributed by atoms with E-state index in [4.69, 9.17) is 0 Å². The molecule has 0 saturated heterocycles. The Morgan fingerprint density at radius 1 is 0.600 bits per heavy atom. The summed E-state index contributed by atoms with van der Waals surface area (Å²) < 4.78 is 88.9. The van der Waals surface area contributed by atoms with Crippen LogP contribution in [0.2, 0.25) is 0 Å². The molecule has 2 aliphatic carbocycles. The van der Waals surface area contributed by atoms with Gasteiger partial charge >= 0.3 is 17.8 Å². The Labute approximate surface area is 137 Å². The highest BCUT2D eigenvalue weighted by molar-refractivity contribution is 6.13. The molecule has 0 unspecified atom stereocenters. The molecule has 0 bridgehead atoms. The predicted molar refractivity (Wildman–Crippen MR) is 75.9 cm³/mol. The Kier molecular flexibility index (Phi) is 2.89. The Balaban J connectivity index is 2.15. The molecule has 128 valence electrons. The number of rotatable bonds is 0. The number of carbonyl (C=O) groups excluding carboxylic acids is 1. The molecule has 0 atom stereocenters. The highest BCUT2D eigenvalue weighted by atomic mass is 19.3. The van der Waals surface area contributed by atoms with Crippen LogP contribution in [0.4, 0.5) is 26.3 Å². The molecule has 0 aliphatic heterocycles. The van der Waals surface area contributed by atoms with Gasteiger partial charge in [0.25, 0.3) is 0 Å². The molecule has 7 heteroatoms. The maximum Gasteiger partial charge on any atom is 0.303 e. The lowest BCUT2D eigenvalue weighted by atomic mass is 9.70. The quantitative estimate of drug-likeness (QED) is 0.597. The van der Waals surface area contributed by atoms with Crippen molar-refractivity contribution < 1.29 is 31.1 Å². The van der Waals surface area contributed by atoms with E-state index >= 15 is 0 Å². The molecule has 0 aromatic heterocycles. The van der Waals surface area contributed by atoms with Crippen molar-refractivity contribution in [2.75, 3.05) is 0 Å². The van der Waals surface area contributed by atoms with Crippen LogP contribution in [0, 0.1) is 0 Å². The van der Waals surface area contributed by atoms with E-state index in [9.17, 15) is 31.1 Å². The molecule has 1 nitrogen and oxygen atoms in total. The van der Waals surface area contributed by atoms with Crippen LogP contribution in [0.15, 0.2) is 59.7 Å². The van der Waals surface area contributed by atoms with Crippen LogP contribution in [0.1, 0.15) is 27.0 Å². The second-order valence-electron chi connectivity index (χ2n) is 5.89. The summed E-state index contributed by atoms with van der Waals surface area (Å²) in [5.41, 5.74) is -8.00.